The summed E-state index contributed by atoms with van der Waals surface area (Å²) in [4.78, 5) is 30.9. The highest BCUT2D eigenvalue weighted by Gasteiger charge is 2.23. The lowest BCUT2D eigenvalue weighted by atomic mass is 10.0. The number of anilines is 1. The number of aryl methyl sites for hydroxylation is 1. The lowest BCUT2D eigenvalue weighted by molar-refractivity contribution is -0.117. The molecule has 2 aromatic heterocycles. The number of aromatic amines is 1. The van der Waals surface area contributed by atoms with E-state index < -0.39 is 0 Å². The van der Waals surface area contributed by atoms with Gasteiger partial charge in [-0.15, -0.1) is 11.3 Å². The largest absolute Gasteiger partial charge is 0.366 e. The minimum Gasteiger partial charge on any atom is -0.366 e. The molecule has 0 fully saturated rings. The van der Waals surface area contributed by atoms with Crippen LogP contribution in [0.3, 0.4) is 0 Å². The number of para-hydroxylation sites is 1. The maximum Gasteiger partial charge on any atom is 0.253 e. The predicted octanol–water partition coefficient (Wildman–Crippen LogP) is 4.11. The Morgan fingerprint density at radius 3 is 2.85 bits per heavy atom. The van der Waals surface area contributed by atoms with E-state index in [0.717, 1.165) is 29.0 Å². The molecule has 0 radical (unpaired) electrons. The summed E-state index contributed by atoms with van der Waals surface area (Å²) in [6.07, 6.45) is 5.30. The van der Waals surface area contributed by atoms with Crippen molar-refractivity contribution in [1.29, 1.82) is 0 Å². The summed E-state index contributed by atoms with van der Waals surface area (Å²) in [7, 11) is 0. The van der Waals surface area contributed by atoms with Crippen LogP contribution in [0.2, 0.25) is 4.34 Å². The van der Waals surface area contributed by atoms with Crippen molar-refractivity contribution >= 4 is 40.4 Å². The van der Waals surface area contributed by atoms with Gasteiger partial charge in [0.1, 0.15) is 0 Å². The molecule has 138 valence electrons. The van der Waals surface area contributed by atoms with Gasteiger partial charge in [0.15, 0.2) is 0 Å². The van der Waals surface area contributed by atoms with Crippen molar-refractivity contribution in [3.05, 3.63) is 64.3 Å². The maximum absolute atomic E-state index is 12.7. The van der Waals surface area contributed by atoms with Gasteiger partial charge in [-0.2, -0.15) is 0 Å². The monoisotopic (exact) mass is 399 g/mol. The zero-order valence-corrected chi connectivity index (χ0v) is 16.1. The summed E-state index contributed by atoms with van der Waals surface area (Å²) in [6, 6.07) is 11.6. The Labute approximate surface area is 166 Å². The van der Waals surface area contributed by atoms with Crippen LogP contribution in [-0.2, 0) is 11.2 Å². The number of hydrogen-bond acceptors (Lipinski definition) is 3. The predicted molar refractivity (Wildman–Crippen MR) is 109 cm³/mol. The Kier molecular flexibility index (Phi) is 5.01. The van der Waals surface area contributed by atoms with E-state index in [1.807, 2.05) is 30.3 Å². The Morgan fingerprint density at radius 1 is 1.19 bits per heavy atom. The number of halogens is 1. The molecule has 1 aromatic carbocycles. The molecule has 0 atom stereocenters. The molecule has 1 aliphatic heterocycles. The van der Waals surface area contributed by atoms with Gasteiger partial charge in [-0.3, -0.25) is 9.59 Å². The molecular formula is C20H18ClN3O2S. The van der Waals surface area contributed by atoms with Crippen molar-refractivity contribution in [2.45, 2.75) is 12.8 Å². The fraction of sp³-hybridized carbons (Fsp3) is 0.200. The van der Waals surface area contributed by atoms with Crippen LogP contribution in [0.15, 0.2) is 48.8 Å². The Hall–Kier alpha value is -2.57. The molecule has 7 heteroatoms. The molecule has 2 N–H and O–H groups in total. The fourth-order valence-electron chi connectivity index (χ4n) is 3.35. The number of aromatic nitrogens is 1. The van der Waals surface area contributed by atoms with Gasteiger partial charge in [-0.25, -0.2) is 0 Å². The minimum absolute atomic E-state index is 0.0387. The van der Waals surface area contributed by atoms with Crippen LogP contribution < -0.4 is 10.2 Å². The zero-order valence-electron chi connectivity index (χ0n) is 14.5. The topological polar surface area (TPSA) is 65.2 Å². The third-order valence-electron chi connectivity index (χ3n) is 4.64. The maximum atomic E-state index is 12.7. The average molecular weight is 400 g/mol. The SMILES string of the molecule is O=C(NCC(=O)N1CCCc2ccccc21)c1c[nH]cc1-c1ccc(Cl)s1. The summed E-state index contributed by atoms with van der Waals surface area (Å²) < 4.78 is 0.663. The number of carbonyl (C=O) groups is 2. The Bertz CT molecular complexity index is 995. The second-order valence-corrected chi connectivity index (χ2v) is 8.06. The summed E-state index contributed by atoms with van der Waals surface area (Å²) in [5.41, 5.74) is 3.39. The van der Waals surface area contributed by atoms with Gasteiger partial charge in [0.2, 0.25) is 5.91 Å². The van der Waals surface area contributed by atoms with Gasteiger partial charge in [0.05, 0.1) is 16.4 Å². The highest BCUT2D eigenvalue weighted by Crippen LogP contribution is 2.33. The Morgan fingerprint density at radius 2 is 2.04 bits per heavy atom. The molecule has 27 heavy (non-hydrogen) atoms. The van der Waals surface area contributed by atoms with Crippen molar-refractivity contribution in [3.63, 3.8) is 0 Å². The van der Waals surface area contributed by atoms with Crippen molar-refractivity contribution in [2.75, 3.05) is 18.0 Å². The number of nitrogens with zero attached hydrogens (tertiary/aromatic N) is 1. The molecule has 0 unspecified atom stereocenters. The second-order valence-electron chi connectivity index (χ2n) is 6.35. The number of carbonyl (C=O) groups excluding carboxylic acids is 2. The highest BCUT2D eigenvalue weighted by molar-refractivity contribution is 7.19. The van der Waals surface area contributed by atoms with Crippen molar-refractivity contribution in [1.82, 2.24) is 10.3 Å². The highest BCUT2D eigenvalue weighted by atomic mass is 35.5. The van der Waals surface area contributed by atoms with Gasteiger partial charge < -0.3 is 15.2 Å². The molecule has 4 rings (SSSR count). The van der Waals surface area contributed by atoms with Crippen LogP contribution in [0.1, 0.15) is 22.3 Å². The number of benzene rings is 1. The summed E-state index contributed by atoms with van der Waals surface area (Å²) in [6.45, 7) is 0.637. The first-order valence-corrected chi connectivity index (χ1v) is 9.92. The fourth-order valence-corrected chi connectivity index (χ4v) is 4.43. The first-order chi connectivity index (χ1) is 13.1. The van der Waals surface area contributed by atoms with E-state index in [2.05, 4.69) is 10.3 Å². The number of hydrogen-bond donors (Lipinski definition) is 2. The van der Waals surface area contributed by atoms with Crippen molar-refractivity contribution in [3.8, 4) is 10.4 Å². The van der Waals surface area contributed by atoms with Gasteiger partial charge in [0.25, 0.3) is 5.91 Å². The number of H-pyrrole nitrogens is 1. The molecule has 1 aliphatic rings. The van der Waals surface area contributed by atoms with E-state index in [4.69, 9.17) is 11.6 Å². The molecule has 5 nitrogen and oxygen atoms in total. The van der Waals surface area contributed by atoms with E-state index in [9.17, 15) is 9.59 Å². The zero-order chi connectivity index (χ0) is 18.8. The summed E-state index contributed by atoms with van der Waals surface area (Å²) in [5, 5.41) is 2.75. The molecule has 0 saturated heterocycles. The van der Waals surface area contributed by atoms with E-state index in [1.54, 1.807) is 23.4 Å². The first kappa shape index (κ1) is 17.8. The van der Waals surface area contributed by atoms with Gasteiger partial charge in [-0.05, 0) is 36.6 Å². The molecule has 2 amide bonds. The summed E-state index contributed by atoms with van der Waals surface area (Å²) >= 11 is 7.40. The van der Waals surface area contributed by atoms with Gasteiger partial charge in [0, 0.05) is 35.1 Å². The smallest absolute Gasteiger partial charge is 0.253 e. The van der Waals surface area contributed by atoms with Gasteiger partial charge >= 0.3 is 0 Å². The number of amides is 2. The first-order valence-electron chi connectivity index (χ1n) is 8.72. The number of thiophene rings is 1. The standard InChI is InChI=1S/C20H18ClN3O2S/c21-18-8-7-17(27-18)14-10-22-11-15(14)20(26)23-12-19(25)24-9-3-5-13-4-1-2-6-16(13)24/h1-2,4,6-8,10-11,22H,3,5,9,12H2,(H,23,26). The summed E-state index contributed by atoms with van der Waals surface area (Å²) in [5.74, 6) is -0.388. The molecule has 3 aromatic rings. The van der Waals surface area contributed by atoms with Crippen molar-refractivity contribution in [2.24, 2.45) is 0 Å². The minimum atomic E-state index is -0.283. The molecule has 0 aliphatic carbocycles. The van der Waals surface area contributed by atoms with Crippen LogP contribution in [0, 0.1) is 0 Å². The van der Waals surface area contributed by atoms with E-state index >= 15 is 0 Å². The quantitative estimate of drug-likeness (QED) is 0.693. The number of nitrogens with one attached hydrogen (secondary N) is 2. The average Bonchev–Trinajstić information content (AvgIpc) is 3.34. The van der Waals surface area contributed by atoms with Crippen LogP contribution in [0.4, 0.5) is 5.69 Å². The van der Waals surface area contributed by atoms with Crippen molar-refractivity contribution < 1.29 is 9.59 Å². The van der Waals surface area contributed by atoms with Crippen LogP contribution in [0.25, 0.3) is 10.4 Å². The van der Waals surface area contributed by atoms with Crippen LogP contribution in [0.5, 0.6) is 0 Å². The van der Waals surface area contributed by atoms with E-state index in [1.165, 1.54) is 16.9 Å². The second kappa shape index (κ2) is 7.58. The van der Waals surface area contributed by atoms with Gasteiger partial charge in [-0.1, -0.05) is 29.8 Å². The van der Waals surface area contributed by atoms with E-state index in [-0.39, 0.29) is 18.4 Å². The molecular weight excluding hydrogens is 382 g/mol. The van der Waals surface area contributed by atoms with Crippen LogP contribution in [-0.4, -0.2) is 29.9 Å². The third-order valence-corrected chi connectivity index (χ3v) is 5.90. The van der Waals surface area contributed by atoms with E-state index in [0.29, 0.717) is 16.4 Å². The third kappa shape index (κ3) is 3.63. The normalized spacial score (nSPS) is 13.3. The molecule has 0 bridgehead atoms. The van der Waals surface area contributed by atoms with Crippen LogP contribution >= 0.6 is 22.9 Å². The molecule has 0 spiro atoms. The Balaban J connectivity index is 1.45. The number of fused-ring (bicyclic) bond motifs is 1. The molecule has 0 saturated carbocycles. The lowest BCUT2D eigenvalue weighted by Gasteiger charge is -2.29. The molecule has 3 heterocycles. The number of rotatable bonds is 4. The lowest BCUT2D eigenvalue weighted by Crippen LogP contribution is -2.42.